The van der Waals surface area contributed by atoms with E-state index in [0.29, 0.717) is 28.1 Å². The molecule has 1 aromatic heterocycles. The van der Waals surface area contributed by atoms with E-state index in [1.165, 1.54) is 30.1 Å². The van der Waals surface area contributed by atoms with Gasteiger partial charge in [0.1, 0.15) is 5.02 Å². The van der Waals surface area contributed by atoms with Gasteiger partial charge < -0.3 is 4.57 Å². The number of nitro groups is 1. The fourth-order valence-corrected chi connectivity index (χ4v) is 3.69. The van der Waals surface area contributed by atoms with Gasteiger partial charge >= 0.3 is 0 Å². The molecule has 0 radical (unpaired) electrons. The van der Waals surface area contributed by atoms with Gasteiger partial charge in [0.05, 0.1) is 16.9 Å². The zero-order valence-electron chi connectivity index (χ0n) is 16.2. The summed E-state index contributed by atoms with van der Waals surface area (Å²) in [5.41, 5.74) is 3.45. The molecule has 9 nitrogen and oxygen atoms in total. The second kappa shape index (κ2) is 10.4. The van der Waals surface area contributed by atoms with Crippen molar-refractivity contribution < 1.29 is 9.72 Å². The van der Waals surface area contributed by atoms with Gasteiger partial charge in [0.25, 0.3) is 11.6 Å². The monoisotopic (exact) mass is 478 g/mol. The molecule has 1 N–H and O–H groups in total. The second-order valence-corrected chi connectivity index (χ2v) is 7.89. The second-order valence-electron chi connectivity index (χ2n) is 6.11. The number of hydrogen-bond donors (Lipinski definition) is 1. The van der Waals surface area contributed by atoms with Crippen LogP contribution < -0.4 is 5.43 Å². The number of nitrogens with zero attached hydrogens (tertiary/aromatic N) is 5. The van der Waals surface area contributed by atoms with Crippen LogP contribution in [0, 0.1) is 10.1 Å². The predicted molar refractivity (Wildman–Crippen MR) is 121 cm³/mol. The summed E-state index contributed by atoms with van der Waals surface area (Å²) in [4.78, 5) is 22.4. The molecule has 2 aromatic carbocycles. The number of carbonyl (C=O) groups is 1. The number of rotatable bonds is 8. The molecule has 0 aliphatic heterocycles. The van der Waals surface area contributed by atoms with E-state index >= 15 is 0 Å². The third kappa shape index (κ3) is 5.81. The molecule has 1 heterocycles. The number of thioether (sulfide) groups is 1. The van der Waals surface area contributed by atoms with Crippen LogP contribution in [0.4, 0.5) is 5.69 Å². The Bertz CT molecular complexity index is 1130. The Morgan fingerprint density at radius 3 is 2.68 bits per heavy atom. The Morgan fingerprint density at radius 2 is 2.00 bits per heavy atom. The maximum Gasteiger partial charge on any atom is 0.288 e. The molecular weight excluding hydrogens is 463 g/mol. The quantitative estimate of drug-likeness (QED) is 0.221. The standard InChI is InChI=1S/C19H16Cl2N6O3S/c1-2-26-18(13-4-6-14(20)7-5-13)24-25-19(26)31-11-17(28)23-22-10-12-3-8-15(21)16(9-12)27(29)30/h3-10H,2,11H2,1H3,(H,23,28). The molecule has 3 rings (SSSR count). The number of nitro benzene ring substituents is 1. The Kier molecular flexibility index (Phi) is 7.61. The average molecular weight is 479 g/mol. The van der Waals surface area contributed by atoms with Gasteiger partial charge in [-0.05, 0) is 37.3 Å². The van der Waals surface area contributed by atoms with Gasteiger partial charge in [-0.15, -0.1) is 10.2 Å². The highest BCUT2D eigenvalue weighted by atomic mass is 35.5. The lowest BCUT2D eigenvalue weighted by Crippen LogP contribution is -2.20. The van der Waals surface area contributed by atoms with Crippen molar-refractivity contribution in [3.8, 4) is 11.4 Å². The van der Waals surface area contributed by atoms with Crippen LogP contribution in [0.15, 0.2) is 52.7 Å². The number of amides is 1. The zero-order valence-corrected chi connectivity index (χ0v) is 18.5. The first kappa shape index (κ1) is 22.7. The average Bonchev–Trinajstić information content (AvgIpc) is 3.16. The summed E-state index contributed by atoms with van der Waals surface area (Å²) < 4.78 is 1.90. The van der Waals surface area contributed by atoms with Gasteiger partial charge in [0.2, 0.25) is 0 Å². The summed E-state index contributed by atoms with van der Waals surface area (Å²) in [6.45, 7) is 2.59. The molecule has 3 aromatic rings. The van der Waals surface area contributed by atoms with Crippen LogP contribution in [-0.4, -0.2) is 37.6 Å². The smallest absolute Gasteiger partial charge is 0.288 e. The molecule has 0 saturated carbocycles. The molecule has 0 aliphatic carbocycles. The molecule has 1 amide bonds. The van der Waals surface area contributed by atoms with E-state index in [9.17, 15) is 14.9 Å². The number of hydrogen-bond acceptors (Lipinski definition) is 7. The van der Waals surface area contributed by atoms with Crippen LogP contribution >= 0.6 is 35.0 Å². The highest BCUT2D eigenvalue weighted by Gasteiger charge is 2.15. The van der Waals surface area contributed by atoms with Gasteiger partial charge in [0, 0.05) is 28.8 Å². The molecule has 0 aliphatic rings. The number of nitrogens with one attached hydrogen (secondary N) is 1. The van der Waals surface area contributed by atoms with Crippen LogP contribution in [0.1, 0.15) is 12.5 Å². The normalized spacial score (nSPS) is 11.1. The Hall–Kier alpha value is -2.95. The van der Waals surface area contributed by atoms with E-state index in [0.717, 1.165) is 5.56 Å². The molecular formula is C19H16Cl2N6O3S. The number of aromatic nitrogens is 3. The van der Waals surface area contributed by atoms with E-state index < -0.39 is 4.92 Å². The van der Waals surface area contributed by atoms with Crippen molar-refractivity contribution >= 4 is 52.8 Å². The number of benzene rings is 2. The summed E-state index contributed by atoms with van der Waals surface area (Å²) in [5.74, 6) is 0.393. The summed E-state index contributed by atoms with van der Waals surface area (Å²) in [7, 11) is 0. The van der Waals surface area contributed by atoms with Crippen molar-refractivity contribution in [2.24, 2.45) is 5.10 Å². The van der Waals surface area contributed by atoms with E-state index in [-0.39, 0.29) is 22.4 Å². The van der Waals surface area contributed by atoms with Crippen LogP contribution in [0.3, 0.4) is 0 Å². The molecule has 0 unspecified atom stereocenters. The molecule has 12 heteroatoms. The summed E-state index contributed by atoms with van der Waals surface area (Å²) in [6, 6.07) is 11.5. The van der Waals surface area contributed by atoms with Crippen molar-refractivity contribution in [2.75, 3.05) is 5.75 Å². The number of hydrazone groups is 1. The lowest BCUT2D eigenvalue weighted by atomic mass is 10.2. The van der Waals surface area contributed by atoms with Gasteiger partial charge in [-0.1, -0.05) is 41.0 Å². The van der Waals surface area contributed by atoms with Crippen molar-refractivity contribution in [2.45, 2.75) is 18.6 Å². The Balaban J connectivity index is 1.60. The number of carbonyl (C=O) groups excluding carboxylic acids is 1. The van der Waals surface area contributed by atoms with Crippen LogP contribution in [0.25, 0.3) is 11.4 Å². The Morgan fingerprint density at radius 1 is 1.26 bits per heavy atom. The van der Waals surface area contributed by atoms with E-state index in [1.807, 2.05) is 23.6 Å². The van der Waals surface area contributed by atoms with Crippen molar-refractivity contribution in [3.05, 3.63) is 68.2 Å². The van der Waals surface area contributed by atoms with E-state index in [1.54, 1.807) is 18.2 Å². The van der Waals surface area contributed by atoms with E-state index in [2.05, 4.69) is 20.7 Å². The minimum Gasteiger partial charge on any atom is -0.302 e. The maximum absolute atomic E-state index is 12.1. The minimum absolute atomic E-state index is 0.0283. The van der Waals surface area contributed by atoms with Crippen molar-refractivity contribution in [1.82, 2.24) is 20.2 Å². The highest BCUT2D eigenvalue weighted by molar-refractivity contribution is 7.99. The first-order valence-corrected chi connectivity index (χ1v) is 10.7. The Labute approximate surface area is 191 Å². The molecule has 0 bridgehead atoms. The highest BCUT2D eigenvalue weighted by Crippen LogP contribution is 2.25. The predicted octanol–water partition coefficient (Wildman–Crippen LogP) is 4.42. The van der Waals surface area contributed by atoms with E-state index in [4.69, 9.17) is 23.2 Å². The molecule has 31 heavy (non-hydrogen) atoms. The minimum atomic E-state index is -0.586. The van der Waals surface area contributed by atoms with Gasteiger partial charge in [-0.25, -0.2) is 5.43 Å². The number of halogens is 2. The maximum atomic E-state index is 12.1. The third-order valence-electron chi connectivity index (χ3n) is 4.04. The first-order chi connectivity index (χ1) is 14.9. The fourth-order valence-electron chi connectivity index (χ4n) is 2.58. The topological polar surface area (TPSA) is 115 Å². The van der Waals surface area contributed by atoms with Gasteiger partial charge in [0.15, 0.2) is 11.0 Å². The van der Waals surface area contributed by atoms with Crippen LogP contribution in [-0.2, 0) is 11.3 Å². The lowest BCUT2D eigenvalue weighted by molar-refractivity contribution is -0.384. The lowest BCUT2D eigenvalue weighted by Gasteiger charge is -2.07. The van der Waals surface area contributed by atoms with Crippen molar-refractivity contribution in [1.29, 1.82) is 0 Å². The van der Waals surface area contributed by atoms with Crippen molar-refractivity contribution in [3.63, 3.8) is 0 Å². The molecule has 0 spiro atoms. The van der Waals surface area contributed by atoms with Crippen LogP contribution in [0.5, 0.6) is 0 Å². The molecule has 160 valence electrons. The SMILES string of the molecule is CCn1c(SCC(=O)NN=Cc2ccc(Cl)c([N+](=O)[O-])c2)nnc1-c1ccc(Cl)cc1. The summed E-state index contributed by atoms with van der Waals surface area (Å²) in [6.07, 6.45) is 1.30. The third-order valence-corrected chi connectivity index (χ3v) is 5.58. The fraction of sp³-hybridized carbons (Fsp3) is 0.158. The first-order valence-electron chi connectivity index (χ1n) is 8.96. The molecule has 0 atom stereocenters. The van der Waals surface area contributed by atoms with Gasteiger partial charge in [-0.3, -0.25) is 14.9 Å². The summed E-state index contributed by atoms with van der Waals surface area (Å²) in [5, 5.41) is 24.4. The largest absolute Gasteiger partial charge is 0.302 e. The van der Waals surface area contributed by atoms with Gasteiger partial charge in [-0.2, -0.15) is 5.10 Å². The zero-order chi connectivity index (χ0) is 22.4. The molecule has 0 fully saturated rings. The molecule has 0 saturated heterocycles. The summed E-state index contributed by atoms with van der Waals surface area (Å²) >= 11 is 12.9. The van der Waals surface area contributed by atoms with Crippen LogP contribution in [0.2, 0.25) is 10.0 Å².